The Kier molecular flexibility index (Phi) is 2.28. The van der Waals surface area contributed by atoms with E-state index in [1.54, 1.807) is 6.20 Å². The van der Waals surface area contributed by atoms with Crippen LogP contribution in [0, 0.1) is 4.64 Å². The minimum absolute atomic E-state index is 0.557. The quantitative estimate of drug-likeness (QED) is 0.373. The molecule has 10 heavy (non-hydrogen) atoms. The third kappa shape index (κ3) is 1.31. The molecule has 5 heteroatoms. The highest BCUT2D eigenvalue weighted by Gasteiger charge is 1.98. The number of rotatable bonds is 0. The molecule has 1 aromatic heterocycles. The number of nitrogens with two attached hydrogens (primary N) is 1. The van der Waals surface area contributed by atoms with Crippen LogP contribution in [0.15, 0.2) is 16.0 Å². The van der Waals surface area contributed by atoms with Crippen molar-refractivity contribution in [1.82, 2.24) is 4.98 Å². The van der Waals surface area contributed by atoms with E-state index in [0.29, 0.717) is 20.1 Å². The lowest BCUT2D eigenvalue weighted by Gasteiger charge is -2.00. The van der Waals surface area contributed by atoms with Crippen molar-refractivity contribution in [2.24, 2.45) is 0 Å². The first-order valence-corrected chi connectivity index (χ1v) is 3.82. The number of aromatic nitrogens is 1. The van der Waals surface area contributed by atoms with Crippen molar-refractivity contribution in [1.29, 1.82) is 0 Å². The molecule has 0 amide bonds. The van der Waals surface area contributed by atoms with Gasteiger partial charge in [-0.05, 0) is 0 Å². The second-order valence-electron chi connectivity index (χ2n) is 1.77. The fourth-order valence-corrected chi connectivity index (χ4v) is 1.13. The number of aromatic amines is 1. The molecule has 0 radical (unpaired) electrons. The zero-order valence-electron chi connectivity index (χ0n) is 4.96. The highest BCUT2D eigenvalue weighted by Crippen LogP contribution is 2.23. The summed E-state index contributed by atoms with van der Waals surface area (Å²) in [5.74, 6) is 0. The Hall–Kier alpha value is -0.130. The van der Waals surface area contributed by atoms with E-state index in [-0.39, 0.29) is 0 Å². The summed E-state index contributed by atoms with van der Waals surface area (Å²) in [6.07, 6.45) is 1.60. The van der Waals surface area contributed by atoms with Gasteiger partial charge in [0.05, 0.1) is 10.6 Å². The summed E-state index contributed by atoms with van der Waals surface area (Å²) in [6, 6.07) is 0. The van der Waals surface area contributed by atoms with E-state index in [0.717, 1.165) is 0 Å². The van der Waals surface area contributed by atoms with Gasteiger partial charge in [0.2, 0.25) is 0 Å². The zero-order valence-corrected chi connectivity index (χ0v) is 7.56. The summed E-state index contributed by atoms with van der Waals surface area (Å²) < 4.78 is 0.558. The molecular formula is C5H6N2S3. The highest BCUT2D eigenvalue weighted by molar-refractivity contribution is 7.84. The van der Waals surface area contributed by atoms with Crippen LogP contribution in [0.25, 0.3) is 0 Å². The van der Waals surface area contributed by atoms with E-state index in [1.807, 2.05) is 0 Å². The molecule has 1 aromatic rings. The minimum Gasteiger partial charge on any atom is -0.397 e. The molecule has 0 unspecified atom stereocenters. The normalized spacial score (nSPS) is 9.80. The fourth-order valence-electron chi connectivity index (χ4n) is 0.524. The molecule has 1 heterocycles. The molecule has 1 rings (SSSR count). The minimum atomic E-state index is 0.557. The van der Waals surface area contributed by atoms with Gasteiger partial charge in [0.15, 0.2) is 0 Å². The predicted octanol–water partition coefficient (Wildman–Crippen LogP) is 1.90. The van der Waals surface area contributed by atoms with E-state index in [2.05, 4.69) is 30.2 Å². The second kappa shape index (κ2) is 2.86. The predicted molar refractivity (Wildman–Crippen MR) is 50.5 cm³/mol. The Balaban J connectivity index is 3.49. The Bertz CT molecular complexity index is 304. The summed E-state index contributed by atoms with van der Waals surface area (Å²) in [4.78, 5) is 4.03. The van der Waals surface area contributed by atoms with Gasteiger partial charge >= 0.3 is 0 Å². The van der Waals surface area contributed by atoms with Gasteiger partial charge in [-0.2, -0.15) is 0 Å². The van der Waals surface area contributed by atoms with Crippen molar-refractivity contribution in [3.63, 3.8) is 0 Å². The number of H-pyrrole nitrogens is 1. The van der Waals surface area contributed by atoms with Crippen molar-refractivity contribution < 1.29 is 0 Å². The molecule has 0 atom stereocenters. The summed E-state index contributed by atoms with van der Waals surface area (Å²) in [7, 11) is 0. The van der Waals surface area contributed by atoms with Crippen LogP contribution in [-0.2, 0) is 0 Å². The van der Waals surface area contributed by atoms with E-state index < -0.39 is 0 Å². The van der Waals surface area contributed by atoms with Crippen molar-refractivity contribution in [3.8, 4) is 0 Å². The van der Waals surface area contributed by atoms with Crippen molar-refractivity contribution in [2.75, 3.05) is 5.73 Å². The molecular weight excluding hydrogens is 184 g/mol. The molecule has 0 aromatic carbocycles. The maximum atomic E-state index is 5.49. The molecule has 0 bridgehead atoms. The average molecular weight is 190 g/mol. The first-order chi connectivity index (χ1) is 4.63. The lowest BCUT2D eigenvalue weighted by Crippen LogP contribution is -1.90. The van der Waals surface area contributed by atoms with Gasteiger partial charge in [-0.1, -0.05) is 12.2 Å². The summed E-state index contributed by atoms with van der Waals surface area (Å²) in [5.41, 5.74) is 6.04. The third-order valence-electron chi connectivity index (χ3n) is 1.07. The first-order valence-electron chi connectivity index (χ1n) is 2.52. The maximum Gasteiger partial charge on any atom is 0.117 e. The zero-order chi connectivity index (χ0) is 7.72. The summed E-state index contributed by atoms with van der Waals surface area (Å²) in [5, 5.41) is 0. The number of anilines is 1. The van der Waals surface area contributed by atoms with Crippen molar-refractivity contribution >= 4 is 43.2 Å². The number of hydrogen-bond donors (Lipinski definition) is 4. The van der Waals surface area contributed by atoms with Gasteiger partial charge in [0, 0.05) is 11.1 Å². The van der Waals surface area contributed by atoms with Gasteiger partial charge in [-0.25, -0.2) is 0 Å². The van der Waals surface area contributed by atoms with Crippen molar-refractivity contribution in [2.45, 2.75) is 9.79 Å². The van der Waals surface area contributed by atoms with E-state index in [9.17, 15) is 0 Å². The summed E-state index contributed by atoms with van der Waals surface area (Å²) in [6.45, 7) is 0. The number of nitrogens with one attached hydrogen (secondary N) is 1. The van der Waals surface area contributed by atoms with Crippen LogP contribution in [-0.4, -0.2) is 4.98 Å². The van der Waals surface area contributed by atoms with E-state index in [4.69, 9.17) is 18.0 Å². The number of hydrogen-bond acceptors (Lipinski definition) is 4. The largest absolute Gasteiger partial charge is 0.397 e. The highest BCUT2D eigenvalue weighted by atomic mass is 32.1. The molecule has 2 nitrogen and oxygen atoms in total. The van der Waals surface area contributed by atoms with E-state index >= 15 is 0 Å². The maximum absolute atomic E-state index is 5.49. The Morgan fingerprint density at radius 2 is 2.00 bits per heavy atom. The average Bonchev–Trinajstić information content (AvgIpc) is 1.93. The van der Waals surface area contributed by atoms with E-state index in [1.165, 1.54) is 0 Å². The molecule has 3 N–H and O–H groups in total. The Labute approximate surface area is 74.7 Å². The Morgan fingerprint density at radius 3 is 2.50 bits per heavy atom. The molecule has 0 aliphatic carbocycles. The van der Waals surface area contributed by atoms with Crippen LogP contribution in [0.3, 0.4) is 0 Å². The molecule has 0 fully saturated rings. The fraction of sp³-hybridized carbons (Fsp3) is 0. The van der Waals surface area contributed by atoms with Gasteiger partial charge < -0.3 is 10.7 Å². The van der Waals surface area contributed by atoms with Crippen LogP contribution >= 0.6 is 37.5 Å². The molecule has 0 aliphatic rings. The van der Waals surface area contributed by atoms with Crippen LogP contribution in [0.5, 0.6) is 0 Å². The van der Waals surface area contributed by atoms with Crippen LogP contribution in [0.1, 0.15) is 0 Å². The standard InChI is InChI=1S/C5H6N2S3/c6-2-1-7-5(10)4(9)3(2)8/h1,9H,6H2,(H2,7,8,10). The molecule has 0 aliphatic heterocycles. The van der Waals surface area contributed by atoms with Crippen LogP contribution < -0.4 is 5.73 Å². The molecule has 54 valence electrons. The van der Waals surface area contributed by atoms with Crippen LogP contribution in [0.2, 0.25) is 0 Å². The third-order valence-corrected chi connectivity index (χ3v) is 2.65. The SMILES string of the molecule is Nc1c[nH]c(=S)c(S)c1S. The topological polar surface area (TPSA) is 41.8 Å². The van der Waals surface area contributed by atoms with Gasteiger partial charge in [-0.15, -0.1) is 25.3 Å². The lowest BCUT2D eigenvalue weighted by atomic mass is 10.4. The summed E-state index contributed by atoms with van der Waals surface area (Å²) >= 11 is 13.0. The first kappa shape index (κ1) is 7.97. The van der Waals surface area contributed by atoms with Gasteiger partial charge in [0.1, 0.15) is 4.64 Å². The molecule has 0 saturated carbocycles. The number of nitrogen functional groups attached to an aromatic ring is 1. The number of thiol groups is 2. The van der Waals surface area contributed by atoms with Gasteiger partial charge in [-0.3, -0.25) is 0 Å². The van der Waals surface area contributed by atoms with Crippen molar-refractivity contribution in [3.05, 3.63) is 10.8 Å². The molecule has 0 saturated heterocycles. The van der Waals surface area contributed by atoms with Gasteiger partial charge in [0.25, 0.3) is 0 Å². The number of pyridine rings is 1. The second-order valence-corrected chi connectivity index (χ2v) is 3.07. The van der Waals surface area contributed by atoms with Crippen LogP contribution in [0.4, 0.5) is 5.69 Å². The lowest BCUT2D eigenvalue weighted by molar-refractivity contribution is 1.13. The molecule has 0 spiro atoms. The monoisotopic (exact) mass is 190 g/mol. The Morgan fingerprint density at radius 1 is 1.40 bits per heavy atom. The smallest absolute Gasteiger partial charge is 0.117 e.